The third kappa shape index (κ3) is 5.11. The first-order valence-electron chi connectivity index (χ1n) is 9.84. The Hall–Kier alpha value is -2.61. The molecule has 0 amide bonds. The Morgan fingerprint density at radius 2 is 1.80 bits per heavy atom. The molecule has 1 fully saturated rings. The van der Waals surface area contributed by atoms with Crippen LogP contribution in [0.4, 0.5) is 23.3 Å². The van der Waals surface area contributed by atoms with Gasteiger partial charge < -0.3 is 20.9 Å². The number of hydrogen-bond acceptors (Lipinski definition) is 6. The van der Waals surface area contributed by atoms with Crippen LogP contribution in [0.25, 0.3) is 0 Å². The van der Waals surface area contributed by atoms with Gasteiger partial charge in [-0.05, 0) is 42.8 Å². The first-order valence-corrected chi connectivity index (χ1v) is 10.6. The maximum absolute atomic E-state index is 6.13. The molecule has 0 aliphatic carbocycles. The quantitative estimate of drug-likeness (QED) is 0.560. The molecule has 0 atom stereocenters. The second-order valence-electron chi connectivity index (χ2n) is 7.41. The minimum absolute atomic E-state index is 0.208. The lowest BCUT2D eigenvalue weighted by atomic mass is 10.2. The largest absolute Gasteiger partial charge is 0.368 e. The van der Waals surface area contributed by atoms with E-state index in [1.165, 1.54) is 4.90 Å². The summed E-state index contributed by atoms with van der Waals surface area (Å²) in [5.74, 6) is 1.31. The van der Waals surface area contributed by atoms with Gasteiger partial charge in [-0.25, -0.2) is 0 Å². The second-order valence-corrected chi connectivity index (χ2v) is 8.28. The van der Waals surface area contributed by atoms with Crippen molar-refractivity contribution in [2.75, 3.05) is 42.1 Å². The standard InChI is InChI=1S/C21H23Cl2N7/c1-14-5-6-16(23)12-18(14)25-21-27-19(26-20(24)28-21)13-29-7-9-30(10-8-29)17-4-2-3-15(22)11-17/h2-6,11-12H,7-10,13H2,1H3,(H3,24,25,26,27,28)/p+1. The van der Waals surface area contributed by atoms with Gasteiger partial charge in [-0.15, -0.1) is 0 Å². The number of rotatable bonds is 5. The minimum atomic E-state index is 0.208. The van der Waals surface area contributed by atoms with Crippen molar-refractivity contribution in [3.63, 3.8) is 0 Å². The summed E-state index contributed by atoms with van der Waals surface area (Å²) >= 11 is 12.2. The van der Waals surface area contributed by atoms with E-state index in [-0.39, 0.29) is 5.95 Å². The molecule has 2 aromatic carbocycles. The first-order chi connectivity index (χ1) is 14.5. The zero-order chi connectivity index (χ0) is 21.1. The van der Waals surface area contributed by atoms with Gasteiger partial charge in [0.15, 0.2) is 5.82 Å². The zero-order valence-electron chi connectivity index (χ0n) is 16.7. The van der Waals surface area contributed by atoms with E-state index in [1.54, 1.807) is 0 Å². The molecule has 30 heavy (non-hydrogen) atoms. The fraction of sp³-hybridized carbons (Fsp3) is 0.286. The van der Waals surface area contributed by atoms with Gasteiger partial charge in [-0.2, -0.15) is 15.0 Å². The molecule has 0 radical (unpaired) electrons. The van der Waals surface area contributed by atoms with Gasteiger partial charge in [0, 0.05) is 21.4 Å². The van der Waals surface area contributed by atoms with Gasteiger partial charge in [0.2, 0.25) is 11.9 Å². The van der Waals surface area contributed by atoms with Crippen molar-refractivity contribution in [2.45, 2.75) is 13.5 Å². The van der Waals surface area contributed by atoms with Crippen molar-refractivity contribution in [3.8, 4) is 0 Å². The lowest BCUT2D eigenvalue weighted by Gasteiger charge is -2.33. The third-order valence-electron chi connectivity index (χ3n) is 5.20. The molecule has 3 aromatic rings. The van der Waals surface area contributed by atoms with Gasteiger partial charge in [0.05, 0.1) is 26.2 Å². The highest BCUT2D eigenvalue weighted by atomic mass is 35.5. The third-order valence-corrected chi connectivity index (χ3v) is 5.67. The van der Waals surface area contributed by atoms with E-state index in [1.807, 2.05) is 43.3 Å². The molecule has 0 unspecified atom stereocenters. The number of quaternary nitrogens is 1. The molecule has 1 aliphatic heterocycles. The topological polar surface area (TPSA) is 84.4 Å². The molecule has 1 aromatic heterocycles. The van der Waals surface area contributed by atoms with Crippen molar-refractivity contribution in [1.29, 1.82) is 0 Å². The van der Waals surface area contributed by atoms with Crippen LogP contribution in [0.3, 0.4) is 0 Å². The average Bonchev–Trinajstić information content (AvgIpc) is 2.71. The number of benzene rings is 2. The van der Waals surface area contributed by atoms with Crippen molar-refractivity contribution < 1.29 is 4.90 Å². The van der Waals surface area contributed by atoms with Crippen molar-refractivity contribution in [1.82, 2.24) is 15.0 Å². The van der Waals surface area contributed by atoms with E-state index in [2.05, 4.69) is 31.2 Å². The van der Waals surface area contributed by atoms with Crippen LogP contribution >= 0.6 is 23.2 Å². The molecular formula is C21H24Cl2N7+. The van der Waals surface area contributed by atoms with Gasteiger partial charge in [-0.3, -0.25) is 0 Å². The highest BCUT2D eigenvalue weighted by Gasteiger charge is 2.22. The SMILES string of the molecule is Cc1ccc(Cl)cc1Nc1nc(N)nc(C[NH+]2CCN(c3cccc(Cl)c3)CC2)n1. The Kier molecular flexibility index (Phi) is 6.22. The van der Waals surface area contributed by atoms with E-state index < -0.39 is 0 Å². The average molecular weight is 445 g/mol. The Morgan fingerprint density at radius 3 is 2.57 bits per heavy atom. The molecule has 2 heterocycles. The van der Waals surface area contributed by atoms with E-state index in [0.717, 1.165) is 48.1 Å². The Morgan fingerprint density at radius 1 is 1.03 bits per heavy atom. The number of aromatic nitrogens is 3. The molecule has 0 spiro atoms. The summed E-state index contributed by atoms with van der Waals surface area (Å²) in [6.07, 6.45) is 0. The molecule has 0 bridgehead atoms. The number of nitrogens with one attached hydrogen (secondary N) is 2. The maximum Gasteiger partial charge on any atom is 0.232 e. The van der Waals surface area contributed by atoms with Crippen molar-refractivity contribution in [3.05, 3.63) is 63.9 Å². The summed E-state index contributed by atoms with van der Waals surface area (Å²) in [4.78, 5) is 16.9. The molecular weight excluding hydrogens is 421 g/mol. The Bertz CT molecular complexity index is 1040. The van der Waals surface area contributed by atoms with E-state index in [4.69, 9.17) is 28.9 Å². The number of halogens is 2. The van der Waals surface area contributed by atoms with Crippen LogP contribution in [0, 0.1) is 6.92 Å². The van der Waals surface area contributed by atoms with E-state index in [9.17, 15) is 0 Å². The van der Waals surface area contributed by atoms with Crippen LogP contribution in [-0.2, 0) is 6.54 Å². The molecule has 1 aliphatic rings. The zero-order valence-corrected chi connectivity index (χ0v) is 18.2. The number of hydrogen-bond donors (Lipinski definition) is 3. The smallest absolute Gasteiger partial charge is 0.232 e. The molecule has 156 valence electrons. The first kappa shape index (κ1) is 20.7. The highest BCUT2D eigenvalue weighted by molar-refractivity contribution is 6.31. The maximum atomic E-state index is 6.13. The van der Waals surface area contributed by atoms with Crippen molar-refractivity contribution >= 4 is 46.5 Å². The molecule has 9 heteroatoms. The number of aryl methyl sites for hydroxylation is 1. The lowest BCUT2D eigenvalue weighted by molar-refractivity contribution is -0.915. The molecule has 0 saturated carbocycles. The van der Waals surface area contributed by atoms with Crippen LogP contribution in [0.2, 0.25) is 10.0 Å². The summed E-state index contributed by atoms with van der Waals surface area (Å²) in [5.41, 5.74) is 8.99. The van der Waals surface area contributed by atoms with E-state index >= 15 is 0 Å². The fourth-order valence-corrected chi connectivity index (χ4v) is 3.93. The number of nitrogens with two attached hydrogens (primary N) is 1. The minimum Gasteiger partial charge on any atom is -0.368 e. The van der Waals surface area contributed by atoms with Crippen LogP contribution in [0.15, 0.2) is 42.5 Å². The monoisotopic (exact) mass is 444 g/mol. The van der Waals surface area contributed by atoms with Gasteiger partial charge in [0.1, 0.15) is 6.54 Å². The molecule has 7 nitrogen and oxygen atoms in total. The fourth-order valence-electron chi connectivity index (χ4n) is 3.58. The Labute approximate surface area is 185 Å². The number of piperazine rings is 1. The Balaban J connectivity index is 1.41. The predicted molar refractivity (Wildman–Crippen MR) is 122 cm³/mol. The van der Waals surface area contributed by atoms with Gasteiger partial charge >= 0.3 is 0 Å². The second kappa shape index (κ2) is 9.04. The van der Waals surface area contributed by atoms with Crippen LogP contribution in [0.1, 0.15) is 11.4 Å². The summed E-state index contributed by atoms with van der Waals surface area (Å²) in [6.45, 7) is 6.54. The van der Waals surface area contributed by atoms with Crippen LogP contribution in [0.5, 0.6) is 0 Å². The van der Waals surface area contributed by atoms with E-state index in [0.29, 0.717) is 23.3 Å². The van der Waals surface area contributed by atoms with Crippen molar-refractivity contribution in [2.24, 2.45) is 0 Å². The van der Waals surface area contributed by atoms with Crippen LogP contribution in [-0.4, -0.2) is 41.1 Å². The molecule has 4 rings (SSSR count). The van der Waals surface area contributed by atoms with Gasteiger partial charge in [-0.1, -0.05) is 35.3 Å². The number of nitrogen functional groups attached to an aromatic ring is 1. The normalized spacial score (nSPS) is 14.7. The molecule has 4 N–H and O–H groups in total. The lowest BCUT2D eigenvalue weighted by Crippen LogP contribution is -3.13. The highest BCUT2D eigenvalue weighted by Crippen LogP contribution is 2.23. The molecule has 1 saturated heterocycles. The number of anilines is 4. The summed E-state index contributed by atoms with van der Waals surface area (Å²) in [5, 5.41) is 4.62. The predicted octanol–water partition coefficient (Wildman–Crippen LogP) is 2.72. The summed E-state index contributed by atoms with van der Waals surface area (Å²) in [6, 6.07) is 13.6. The number of nitrogens with zero attached hydrogens (tertiary/aromatic N) is 4. The van der Waals surface area contributed by atoms with Crippen LogP contribution < -0.4 is 20.9 Å². The summed E-state index contributed by atoms with van der Waals surface area (Å²) < 4.78 is 0. The summed E-state index contributed by atoms with van der Waals surface area (Å²) in [7, 11) is 0. The van der Waals surface area contributed by atoms with Gasteiger partial charge in [0.25, 0.3) is 0 Å².